The van der Waals surface area contributed by atoms with Gasteiger partial charge in [-0.05, 0) is 37.7 Å². The Morgan fingerprint density at radius 3 is 2.68 bits per heavy atom. The van der Waals surface area contributed by atoms with Crippen molar-refractivity contribution >= 4 is 5.91 Å². The van der Waals surface area contributed by atoms with Crippen molar-refractivity contribution in [2.75, 3.05) is 27.2 Å². The minimum absolute atomic E-state index is 0.00595. The molecule has 0 unspecified atom stereocenters. The van der Waals surface area contributed by atoms with Crippen LogP contribution >= 0.6 is 0 Å². The van der Waals surface area contributed by atoms with Crippen molar-refractivity contribution in [2.24, 2.45) is 5.41 Å². The van der Waals surface area contributed by atoms with Crippen LogP contribution in [0.4, 0.5) is 0 Å². The predicted molar refractivity (Wildman–Crippen MR) is 75.8 cm³/mol. The Morgan fingerprint density at radius 1 is 1.42 bits per heavy atom. The molecule has 0 aliphatic carbocycles. The van der Waals surface area contributed by atoms with Gasteiger partial charge in [-0.25, -0.2) is 0 Å². The summed E-state index contributed by atoms with van der Waals surface area (Å²) in [5.74, 6) is -0.135. The summed E-state index contributed by atoms with van der Waals surface area (Å²) in [7, 11) is 4.03. The zero-order valence-electron chi connectivity index (χ0n) is 12.0. The molecule has 0 saturated carbocycles. The van der Waals surface area contributed by atoms with Crippen molar-refractivity contribution in [3.05, 3.63) is 35.4 Å². The van der Waals surface area contributed by atoms with E-state index in [0.717, 1.165) is 6.54 Å². The maximum absolute atomic E-state index is 12.0. The van der Waals surface area contributed by atoms with Crippen molar-refractivity contribution in [1.82, 2.24) is 10.2 Å². The van der Waals surface area contributed by atoms with Crippen LogP contribution in [0.25, 0.3) is 0 Å². The molecule has 1 rings (SSSR count). The summed E-state index contributed by atoms with van der Waals surface area (Å²) in [5.41, 5.74) is 1.03. The summed E-state index contributed by atoms with van der Waals surface area (Å²) in [4.78, 5) is 14.1. The first-order chi connectivity index (χ1) is 8.84. The van der Waals surface area contributed by atoms with E-state index in [-0.39, 0.29) is 11.3 Å². The fraction of sp³-hybridized carbons (Fsp3) is 0.467. The molecule has 0 spiro atoms. The molecule has 1 N–H and O–H groups in total. The van der Waals surface area contributed by atoms with Gasteiger partial charge in [0.15, 0.2) is 0 Å². The molecule has 1 aromatic rings. The van der Waals surface area contributed by atoms with Crippen LogP contribution in [0.3, 0.4) is 0 Å². The minimum Gasteiger partial charge on any atom is -0.351 e. The Balaban J connectivity index is 2.63. The largest absolute Gasteiger partial charge is 0.351 e. The van der Waals surface area contributed by atoms with Crippen molar-refractivity contribution in [3.8, 4) is 6.07 Å². The number of nitriles is 1. The van der Waals surface area contributed by atoms with E-state index in [2.05, 4.69) is 24.1 Å². The van der Waals surface area contributed by atoms with Crippen molar-refractivity contribution in [3.63, 3.8) is 0 Å². The zero-order chi connectivity index (χ0) is 14.5. The van der Waals surface area contributed by atoms with Crippen LogP contribution in [0, 0.1) is 16.7 Å². The lowest BCUT2D eigenvalue weighted by Gasteiger charge is -2.28. The van der Waals surface area contributed by atoms with E-state index in [4.69, 9.17) is 5.26 Å². The lowest BCUT2D eigenvalue weighted by Crippen LogP contribution is -2.39. The first-order valence-corrected chi connectivity index (χ1v) is 6.27. The Labute approximate surface area is 115 Å². The van der Waals surface area contributed by atoms with Gasteiger partial charge in [0.25, 0.3) is 5.91 Å². The molecular weight excluding hydrogens is 238 g/mol. The van der Waals surface area contributed by atoms with E-state index >= 15 is 0 Å². The molecule has 0 radical (unpaired) electrons. The molecule has 102 valence electrons. The monoisotopic (exact) mass is 259 g/mol. The van der Waals surface area contributed by atoms with Gasteiger partial charge in [-0.3, -0.25) is 4.79 Å². The van der Waals surface area contributed by atoms with Crippen LogP contribution in [-0.2, 0) is 0 Å². The second kappa shape index (κ2) is 6.35. The van der Waals surface area contributed by atoms with E-state index in [9.17, 15) is 4.79 Å². The molecule has 4 heteroatoms. The summed E-state index contributed by atoms with van der Waals surface area (Å²) in [6.07, 6.45) is 0. The lowest BCUT2D eigenvalue weighted by atomic mass is 9.93. The average molecular weight is 259 g/mol. The number of carbonyl (C=O) groups excluding carboxylic acids is 1. The maximum Gasteiger partial charge on any atom is 0.251 e. The van der Waals surface area contributed by atoms with Crippen LogP contribution in [0.2, 0.25) is 0 Å². The maximum atomic E-state index is 12.0. The number of benzene rings is 1. The standard InChI is InChI=1S/C15H21N3O/c1-15(2,11-18(3)4)10-17-14(19)13-7-5-6-12(8-13)9-16/h5-8H,10-11H2,1-4H3,(H,17,19). The number of nitrogens with one attached hydrogen (secondary N) is 1. The molecule has 1 aromatic carbocycles. The second-order valence-corrected chi connectivity index (χ2v) is 5.78. The van der Waals surface area contributed by atoms with Gasteiger partial charge in [0, 0.05) is 18.7 Å². The van der Waals surface area contributed by atoms with Crippen LogP contribution in [0.15, 0.2) is 24.3 Å². The molecule has 0 atom stereocenters. The van der Waals surface area contributed by atoms with Gasteiger partial charge in [-0.2, -0.15) is 5.26 Å². The molecular formula is C15H21N3O. The summed E-state index contributed by atoms with van der Waals surface area (Å²) in [6.45, 7) is 5.71. The third-order valence-corrected chi connectivity index (χ3v) is 2.73. The van der Waals surface area contributed by atoms with Gasteiger partial charge < -0.3 is 10.2 Å². The van der Waals surface area contributed by atoms with E-state index in [1.54, 1.807) is 24.3 Å². The number of carbonyl (C=O) groups is 1. The lowest BCUT2D eigenvalue weighted by molar-refractivity contribution is 0.0929. The Hall–Kier alpha value is -1.86. The van der Waals surface area contributed by atoms with Crippen LogP contribution in [0.5, 0.6) is 0 Å². The van der Waals surface area contributed by atoms with Crippen molar-refractivity contribution < 1.29 is 4.79 Å². The van der Waals surface area contributed by atoms with Gasteiger partial charge in [0.1, 0.15) is 0 Å². The summed E-state index contributed by atoms with van der Waals surface area (Å²) < 4.78 is 0. The van der Waals surface area contributed by atoms with E-state index < -0.39 is 0 Å². The molecule has 0 aliphatic rings. The highest BCUT2D eigenvalue weighted by Gasteiger charge is 2.20. The third-order valence-electron chi connectivity index (χ3n) is 2.73. The fourth-order valence-corrected chi connectivity index (χ4v) is 2.06. The normalized spacial score (nSPS) is 11.2. The number of nitrogens with zero attached hydrogens (tertiary/aromatic N) is 2. The highest BCUT2D eigenvalue weighted by molar-refractivity contribution is 5.94. The number of rotatable bonds is 5. The molecule has 1 amide bonds. The smallest absolute Gasteiger partial charge is 0.251 e. The average Bonchev–Trinajstić information content (AvgIpc) is 2.34. The second-order valence-electron chi connectivity index (χ2n) is 5.78. The quantitative estimate of drug-likeness (QED) is 0.878. The van der Waals surface area contributed by atoms with Gasteiger partial charge in [-0.15, -0.1) is 0 Å². The molecule has 0 aliphatic heterocycles. The summed E-state index contributed by atoms with van der Waals surface area (Å²) >= 11 is 0. The number of hydrogen-bond acceptors (Lipinski definition) is 3. The van der Waals surface area contributed by atoms with Gasteiger partial charge in [0.05, 0.1) is 11.6 Å². The van der Waals surface area contributed by atoms with Crippen molar-refractivity contribution in [1.29, 1.82) is 5.26 Å². The first kappa shape index (κ1) is 15.2. The van der Waals surface area contributed by atoms with Gasteiger partial charge in [-0.1, -0.05) is 19.9 Å². The topological polar surface area (TPSA) is 56.1 Å². The number of amides is 1. The summed E-state index contributed by atoms with van der Waals surface area (Å²) in [5, 5.41) is 11.7. The van der Waals surface area contributed by atoms with Crippen LogP contribution < -0.4 is 5.32 Å². The molecule has 0 fully saturated rings. The molecule has 0 bridgehead atoms. The van der Waals surface area contributed by atoms with E-state index in [0.29, 0.717) is 17.7 Å². The fourth-order valence-electron chi connectivity index (χ4n) is 2.06. The minimum atomic E-state index is -0.135. The van der Waals surface area contributed by atoms with Crippen LogP contribution in [0.1, 0.15) is 29.8 Å². The predicted octanol–water partition coefficient (Wildman–Crippen LogP) is 1.88. The number of hydrogen-bond donors (Lipinski definition) is 1. The highest BCUT2D eigenvalue weighted by Crippen LogP contribution is 2.14. The van der Waals surface area contributed by atoms with Gasteiger partial charge in [0.2, 0.25) is 0 Å². The zero-order valence-corrected chi connectivity index (χ0v) is 12.0. The summed E-state index contributed by atoms with van der Waals surface area (Å²) in [6, 6.07) is 8.76. The Bertz CT molecular complexity index is 486. The van der Waals surface area contributed by atoms with E-state index in [1.807, 2.05) is 20.2 Å². The first-order valence-electron chi connectivity index (χ1n) is 6.27. The molecule has 4 nitrogen and oxygen atoms in total. The molecule has 0 heterocycles. The third kappa shape index (κ3) is 5.11. The van der Waals surface area contributed by atoms with Crippen molar-refractivity contribution in [2.45, 2.75) is 13.8 Å². The molecule has 19 heavy (non-hydrogen) atoms. The Morgan fingerprint density at radius 2 is 2.11 bits per heavy atom. The van der Waals surface area contributed by atoms with Crippen LogP contribution in [-0.4, -0.2) is 38.0 Å². The van der Waals surface area contributed by atoms with Gasteiger partial charge >= 0.3 is 0 Å². The Kier molecular flexibility index (Phi) is 5.08. The SMILES string of the molecule is CN(C)CC(C)(C)CNC(=O)c1cccc(C#N)c1. The highest BCUT2D eigenvalue weighted by atomic mass is 16.1. The van der Waals surface area contributed by atoms with E-state index in [1.165, 1.54) is 0 Å². The molecule has 0 aromatic heterocycles. The molecule has 0 saturated heterocycles.